The maximum Gasteiger partial charge on any atom is 0.205 e. The molecule has 0 bridgehead atoms. The third kappa shape index (κ3) is 4.17. The van der Waals surface area contributed by atoms with Gasteiger partial charge < -0.3 is 21.1 Å². The van der Waals surface area contributed by atoms with Gasteiger partial charge in [-0.15, -0.1) is 0 Å². The molecule has 0 saturated heterocycles. The van der Waals surface area contributed by atoms with Gasteiger partial charge in [0.2, 0.25) is 5.78 Å². The zero-order valence-electron chi connectivity index (χ0n) is 18.2. The van der Waals surface area contributed by atoms with E-state index >= 15 is 4.39 Å². The van der Waals surface area contributed by atoms with Gasteiger partial charge in [0.25, 0.3) is 0 Å². The molecule has 2 aromatic carbocycles. The van der Waals surface area contributed by atoms with Crippen molar-refractivity contribution in [3.8, 4) is 11.8 Å². The first-order valence-electron chi connectivity index (χ1n) is 10.7. The molecule has 4 rings (SSSR count). The first kappa shape index (κ1) is 22.1. The monoisotopic (exact) mass is 445 g/mol. The molecule has 1 heterocycles. The number of nitrogen functional groups attached to an aromatic ring is 1. The highest BCUT2D eigenvalue weighted by molar-refractivity contribution is 6.17. The van der Waals surface area contributed by atoms with Crippen LogP contribution in [0.15, 0.2) is 59.1 Å². The lowest BCUT2D eigenvalue weighted by atomic mass is 9.78. The predicted molar refractivity (Wildman–Crippen MR) is 126 cm³/mol. The number of hydrogen-bond donors (Lipinski definition) is 3. The molecular weight excluding hydrogens is 421 g/mol. The van der Waals surface area contributed by atoms with Crippen LogP contribution in [0.5, 0.6) is 5.75 Å². The topological polar surface area (TPSA) is 113 Å². The summed E-state index contributed by atoms with van der Waals surface area (Å²) in [7, 11) is 1.42. The number of fused-ring (bicyclic) bond motifs is 1. The van der Waals surface area contributed by atoms with E-state index in [-0.39, 0.29) is 28.3 Å². The number of Topliss-reactive ketones (excluding diaryl/α,β-unsaturated/α-hetero) is 1. The lowest BCUT2D eigenvalue weighted by Crippen LogP contribution is -2.29. The summed E-state index contributed by atoms with van der Waals surface area (Å²) in [4.78, 5) is 17.3. The van der Waals surface area contributed by atoms with Crippen LogP contribution < -0.4 is 21.1 Å². The average Bonchev–Trinajstić information content (AvgIpc) is 2.85. The van der Waals surface area contributed by atoms with E-state index < -0.39 is 17.5 Å². The van der Waals surface area contributed by atoms with Crippen molar-refractivity contribution >= 4 is 23.0 Å². The smallest absolute Gasteiger partial charge is 0.205 e. The second kappa shape index (κ2) is 9.57. The van der Waals surface area contributed by atoms with E-state index in [1.165, 1.54) is 7.11 Å². The summed E-state index contributed by atoms with van der Waals surface area (Å²) in [5.41, 5.74) is 7.09. The van der Waals surface area contributed by atoms with Gasteiger partial charge in [-0.1, -0.05) is 42.5 Å². The fourth-order valence-corrected chi connectivity index (χ4v) is 4.12. The van der Waals surface area contributed by atoms with Crippen LogP contribution in [-0.4, -0.2) is 38.4 Å². The molecule has 1 aliphatic heterocycles. The molecule has 2 aromatic rings. The van der Waals surface area contributed by atoms with E-state index in [4.69, 9.17) is 10.5 Å². The van der Waals surface area contributed by atoms with Crippen LogP contribution in [-0.2, 0) is 0 Å². The Morgan fingerprint density at radius 1 is 1.27 bits per heavy atom. The Balaban J connectivity index is 1.73. The normalized spacial score (nSPS) is 16.9. The largest absolute Gasteiger partial charge is 0.494 e. The van der Waals surface area contributed by atoms with Crippen LogP contribution >= 0.6 is 0 Å². The number of nitrogens with two attached hydrogens (primary N) is 1. The van der Waals surface area contributed by atoms with Crippen LogP contribution in [0.25, 0.3) is 0 Å². The maximum atomic E-state index is 15.4. The average molecular weight is 445 g/mol. The molecule has 0 amide bonds. The first-order chi connectivity index (χ1) is 16.1. The number of carbonyl (C=O) groups is 1. The second-order valence-electron chi connectivity index (χ2n) is 7.65. The molecule has 0 spiro atoms. The predicted octanol–water partition coefficient (Wildman–Crippen LogP) is 3.55. The standard InChI is InChI=1S/C25H24FN5O2/c1-33-25-19-17(15-7-3-2-4-8-15)13-16(14-27)24(32)20(19)22(28)21(26)23(25)31-12-11-30-18-9-5-6-10-29-18/h2-5,7-9,13,17,31H,6,10-12,28H2,1H3,(H,29,30). The van der Waals surface area contributed by atoms with Gasteiger partial charge in [-0.3, -0.25) is 9.79 Å². The Bertz CT molecular complexity index is 1210. The zero-order chi connectivity index (χ0) is 23.4. The highest BCUT2D eigenvalue weighted by atomic mass is 19.1. The van der Waals surface area contributed by atoms with E-state index in [0.717, 1.165) is 24.4 Å². The van der Waals surface area contributed by atoms with Gasteiger partial charge in [0.15, 0.2) is 5.82 Å². The van der Waals surface area contributed by atoms with Crippen molar-refractivity contribution in [2.75, 3.05) is 37.8 Å². The number of nitrogens with zero attached hydrogens (tertiary/aromatic N) is 2. The van der Waals surface area contributed by atoms with E-state index in [2.05, 4.69) is 15.6 Å². The number of hydrogen-bond acceptors (Lipinski definition) is 7. The van der Waals surface area contributed by atoms with E-state index in [1.54, 1.807) is 6.08 Å². The van der Waals surface area contributed by atoms with Gasteiger partial charge >= 0.3 is 0 Å². The van der Waals surface area contributed by atoms with Gasteiger partial charge in [-0.2, -0.15) is 5.26 Å². The fourth-order valence-electron chi connectivity index (χ4n) is 4.12. The SMILES string of the molecule is COc1c(NCCNC2=NCCC=C2)c(F)c(N)c2c1C(c1ccccc1)C=C(C#N)C2=O. The van der Waals surface area contributed by atoms with Crippen LogP contribution in [0.2, 0.25) is 0 Å². The Kier molecular flexibility index (Phi) is 6.41. The van der Waals surface area contributed by atoms with Crippen molar-refractivity contribution in [3.05, 3.63) is 76.6 Å². The van der Waals surface area contributed by atoms with Crippen molar-refractivity contribution in [1.82, 2.24) is 5.32 Å². The molecule has 0 radical (unpaired) electrons. The van der Waals surface area contributed by atoms with Crippen molar-refractivity contribution in [2.45, 2.75) is 12.3 Å². The molecule has 8 heteroatoms. The molecule has 1 aliphatic carbocycles. The van der Waals surface area contributed by atoms with Crippen molar-refractivity contribution < 1.29 is 13.9 Å². The van der Waals surface area contributed by atoms with Crippen molar-refractivity contribution in [1.29, 1.82) is 5.26 Å². The fraction of sp³-hybridized carbons (Fsp3) is 0.240. The number of rotatable bonds is 6. The van der Waals surface area contributed by atoms with Crippen molar-refractivity contribution in [3.63, 3.8) is 0 Å². The number of benzene rings is 2. The molecule has 7 nitrogen and oxygen atoms in total. The van der Waals surface area contributed by atoms with Gasteiger partial charge in [0.1, 0.15) is 23.3 Å². The third-order valence-electron chi connectivity index (χ3n) is 5.65. The number of ether oxygens (including phenoxy) is 1. The van der Waals surface area contributed by atoms with Gasteiger partial charge in [-0.05, 0) is 18.1 Å². The van der Waals surface area contributed by atoms with Gasteiger partial charge in [-0.25, -0.2) is 4.39 Å². The summed E-state index contributed by atoms with van der Waals surface area (Å²) in [5.74, 6) is -0.900. The summed E-state index contributed by atoms with van der Waals surface area (Å²) in [6.07, 6.45) is 6.46. The number of nitrogens with one attached hydrogen (secondary N) is 2. The minimum Gasteiger partial charge on any atom is -0.494 e. The minimum absolute atomic E-state index is 0.0253. The summed E-state index contributed by atoms with van der Waals surface area (Å²) in [5, 5.41) is 15.7. The third-order valence-corrected chi connectivity index (χ3v) is 5.65. The molecule has 1 atom stereocenters. The molecule has 168 valence electrons. The highest BCUT2D eigenvalue weighted by Crippen LogP contribution is 2.48. The number of aliphatic imine (C=N–C) groups is 1. The molecule has 2 aliphatic rings. The first-order valence-corrected chi connectivity index (χ1v) is 10.7. The minimum atomic E-state index is -0.778. The summed E-state index contributed by atoms with van der Waals surface area (Å²) in [6.45, 7) is 1.59. The van der Waals surface area contributed by atoms with Crippen LogP contribution in [0.4, 0.5) is 15.8 Å². The highest BCUT2D eigenvalue weighted by Gasteiger charge is 2.36. The summed E-state index contributed by atoms with van der Waals surface area (Å²) in [6, 6.07) is 11.3. The van der Waals surface area contributed by atoms with E-state index in [0.29, 0.717) is 18.7 Å². The van der Waals surface area contributed by atoms with Gasteiger partial charge in [0, 0.05) is 31.1 Å². The Hall–Kier alpha value is -4.12. The van der Waals surface area contributed by atoms with Crippen LogP contribution in [0.1, 0.15) is 33.8 Å². The Morgan fingerprint density at radius 2 is 2.03 bits per heavy atom. The second-order valence-corrected chi connectivity index (χ2v) is 7.65. The summed E-state index contributed by atoms with van der Waals surface area (Å²) >= 11 is 0. The Morgan fingerprint density at radius 3 is 2.70 bits per heavy atom. The number of halogens is 1. The van der Waals surface area contributed by atoms with E-state index in [9.17, 15) is 10.1 Å². The number of carbonyl (C=O) groups excluding carboxylic acids is 1. The Labute approximate surface area is 191 Å². The number of dihydropyridines is 1. The molecule has 33 heavy (non-hydrogen) atoms. The van der Waals surface area contributed by atoms with Crippen molar-refractivity contribution in [2.24, 2.45) is 4.99 Å². The molecule has 0 aromatic heterocycles. The number of amidine groups is 1. The number of nitriles is 1. The van der Waals surface area contributed by atoms with E-state index in [1.807, 2.05) is 48.6 Å². The quantitative estimate of drug-likeness (QED) is 0.463. The molecule has 0 saturated carbocycles. The molecular formula is C25H24FN5O2. The summed E-state index contributed by atoms with van der Waals surface area (Å²) < 4.78 is 21.0. The maximum absolute atomic E-state index is 15.4. The van der Waals surface area contributed by atoms with Crippen LogP contribution in [0, 0.1) is 17.1 Å². The molecule has 1 unspecified atom stereocenters. The molecule has 0 fully saturated rings. The number of ketones is 1. The lowest BCUT2D eigenvalue weighted by molar-refractivity contribution is 0.103. The number of anilines is 2. The zero-order valence-corrected chi connectivity index (χ0v) is 18.2. The number of methoxy groups -OCH3 is 1. The number of allylic oxidation sites excluding steroid dienone is 2. The van der Waals surface area contributed by atoms with Crippen LogP contribution in [0.3, 0.4) is 0 Å². The van der Waals surface area contributed by atoms with Gasteiger partial charge in [0.05, 0.1) is 23.9 Å². The molecule has 4 N–H and O–H groups in total. The lowest BCUT2D eigenvalue weighted by Gasteiger charge is -2.28.